The number of nitrogens with one attached hydrogen (secondary N) is 1. The molecule has 0 unspecified atom stereocenters. The van der Waals surface area contributed by atoms with Crippen LogP contribution in [0.1, 0.15) is 97.3 Å². The molecule has 0 radical (unpaired) electrons. The van der Waals surface area contributed by atoms with Crippen LogP contribution in [0.3, 0.4) is 0 Å². The molecule has 5 nitrogen and oxygen atoms in total. The lowest BCUT2D eigenvalue weighted by Crippen LogP contribution is -2.40. The number of unbranched alkanes of at least 4 members (excludes halogenated alkanes) is 12. The third-order valence-corrected chi connectivity index (χ3v) is 4.51. The quantitative estimate of drug-likeness (QED) is 0.181. The van der Waals surface area contributed by atoms with Crippen molar-refractivity contribution in [2.45, 2.75) is 103 Å². The molecule has 158 valence electrons. The number of amides is 1. The van der Waals surface area contributed by atoms with E-state index in [-0.39, 0.29) is 6.61 Å². The smallest absolute Gasteiger partial charge is 0.408 e. The third-order valence-electron chi connectivity index (χ3n) is 4.51. The maximum absolute atomic E-state index is 11.8. The SMILES string of the molecule is C=CCOC(=O)N[C@@H](C)C(=O)OCCCCCCCCCCCCCCC. The van der Waals surface area contributed by atoms with Crippen molar-refractivity contribution in [3.63, 3.8) is 0 Å². The zero-order valence-electron chi connectivity index (χ0n) is 17.6. The molecule has 0 fully saturated rings. The van der Waals surface area contributed by atoms with Gasteiger partial charge in [0.2, 0.25) is 0 Å². The Morgan fingerprint density at radius 3 is 1.81 bits per heavy atom. The lowest BCUT2D eigenvalue weighted by Gasteiger charge is -2.13. The van der Waals surface area contributed by atoms with Crippen molar-refractivity contribution in [2.75, 3.05) is 13.2 Å². The van der Waals surface area contributed by atoms with Gasteiger partial charge in [0.15, 0.2) is 0 Å². The molecule has 5 heteroatoms. The number of rotatable bonds is 18. The Kier molecular flexibility index (Phi) is 18.2. The lowest BCUT2D eigenvalue weighted by atomic mass is 10.0. The van der Waals surface area contributed by atoms with Crippen LogP contribution in [0.5, 0.6) is 0 Å². The van der Waals surface area contributed by atoms with Crippen LogP contribution in [0.15, 0.2) is 12.7 Å². The summed E-state index contributed by atoms with van der Waals surface area (Å²) in [6.07, 6.45) is 17.5. The summed E-state index contributed by atoms with van der Waals surface area (Å²) in [5.74, 6) is -0.426. The van der Waals surface area contributed by atoms with Crippen LogP contribution in [-0.2, 0) is 14.3 Å². The Balaban J connectivity index is 3.37. The van der Waals surface area contributed by atoms with E-state index in [1.165, 1.54) is 76.7 Å². The van der Waals surface area contributed by atoms with Gasteiger partial charge >= 0.3 is 12.1 Å². The average Bonchev–Trinajstić information content (AvgIpc) is 2.66. The van der Waals surface area contributed by atoms with E-state index >= 15 is 0 Å². The van der Waals surface area contributed by atoms with Gasteiger partial charge in [0.05, 0.1) is 6.61 Å². The van der Waals surface area contributed by atoms with Crippen LogP contribution in [-0.4, -0.2) is 31.3 Å². The molecule has 1 atom stereocenters. The molecule has 27 heavy (non-hydrogen) atoms. The molecular weight excluding hydrogens is 342 g/mol. The fourth-order valence-corrected chi connectivity index (χ4v) is 2.83. The summed E-state index contributed by atoms with van der Waals surface area (Å²) in [4.78, 5) is 23.1. The van der Waals surface area contributed by atoms with Crippen molar-refractivity contribution in [2.24, 2.45) is 0 Å². The molecule has 0 spiro atoms. The van der Waals surface area contributed by atoms with Gasteiger partial charge in [-0.25, -0.2) is 9.59 Å². The number of carbonyl (C=O) groups is 2. The molecule has 0 aromatic heterocycles. The highest BCUT2D eigenvalue weighted by Crippen LogP contribution is 2.12. The molecular formula is C22H41NO4. The summed E-state index contributed by atoms with van der Waals surface area (Å²) >= 11 is 0. The second kappa shape index (κ2) is 19.2. The number of carbonyl (C=O) groups excluding carboxylic acids is 2. The highest BCUT2D eigenvalue weighted by molar-refractivity contribution is 5.80. The zero-order chi connectivity index (χ0) is 20.2. The molecule has 0 aliphatic heterocycles. The van der Waals surface area contributed by atoms with Crippen LogP contribution < -0.4 is 5.32 Å². The predicted molar refractivity (Wildman–Crippen MR) is 111 cm³/mol. The average molecular weight is 384 g/mol. The van der Waals surface area contributed by atoms with E-state index in [0.717, 1.165) is 12.8 Å². The van der Waals surface area contributed by atoms with Gasteiger partial charge < -0.3 is 14.8 Å². The van der Waals surface area contributed by atoms with E-state index in [9.17, 15) is 9.59 Å². The van der Waals surface area contributed by atoms with E-state index < -0.39 is 18.1 Å². The molecule has 0 heterocycles. The van der Waals surface area contributed by atoms with Gasteiger partial charge in [-0.2, -0.15) is 0 Å². The normalized spacial score (nSPS) is 11.6. The van der Waals surface area contributed by atoms with Crippen LogP contribution in [0.25, 0.3) is 0 Å². The fraction of sp³-hybridized carbons (Fsp3) is 0.818. The first-order chi connectivity index (χ1) is 13.1. The monoisotopic (exact) mass is 383 g/mol. The minimum absolute atomic E-state index is 0.118. The number of hydrogen-bond donors (Lipinski definition) is 1. The summed E-state index contributed by atoms with van der Waals surface area (Å²) in [5, 5.41) is 2.43. The summed E-state index contributed by atoms with van der Waals surface area (Å²) in [6, 6.07) is -0.704. The van der Waals surface area contributed by atoms with Gasteiger partial charge in [-0.1, -0.05) is 96.6 Å². The molecule has 0 aromatic carbocycles. The van der Waals surface area contributed by atoms with Crippen LogP contribution >= 0.6 is 0 Å². The largest absolute Gasteiger partial charge is 0.464 e. The summed E-state index contributed by atoms with van der Waals surface area (Å²) in [7, 11) is 0. The highest BCUT2D eigenvalue weighted by atomic mass is 16.6. The molecule has 0 aliphatic carbocycles. The number of ether oxygens (including phenoxy) is 2. The minimum Gasteiger partial charge on any atom is -0.464 e. The lowest BCUT2D eigenvalue weighted by molar-refractivity contribution is -0.145. The van der Waals surface area contributed by atoms with Crippen LogP contribution in [0, 0.1) is 0 Å². The highest BCUT2D eigenvalue weighted by Gasteiger charge is 2.17. The first kappa shape index (κ1) is 25.5. The van der Waals surface area contributed by atoms with E-state index in [2.05, 4.69) is 18.8 Å². The minimum atomic E-state index is -0.704. The van der Waals surface area contributed by atoms with Crippen molar-refractivity contribution in [1.82, 2.24) is 5.32 Å². The Hall–Kier alpha value is -1.52. The summed E-state index contributed by atoms with van der Waals surface area (Å²) in [6.45, 7) is 7.82. The van der Waals surface area contributed by atoms with Crippen LogP contribution in [0.4, 0.5) is 4.79 Å². The Morgan fingerprint density at radius 2 is 1.33 bits per heavy atom. The molecule has 0 rings (SSSR count). The number of esters is 1. The van der Waals surface area contributed by atoms with E-state index in [0.29, 0.717) is 6.61 Å². The van der Waals surface area contributed by atoms with Gasteiger partial charge in [0.1, 0.15) is 12.6 Å². The Labute approximate surface area is 166 Å². The van der Waals surface area contributed by atoms with Gasteiger partial charge in [0, 0.05) is 0 Å². The summed E-state index contributed by atoms with van der Waals surface area (Å²) in [5.41, 5.74) is 0. The third kappa shape index (κ3) is 17.6. The first-order valence-corrected chi connectivity index (χ1v) is 10.8. The second-order valence-corrected chi connectivity index (χ2v) is 7.16. The molecule has 1 amide bonds. The van der Waals surface area contributed by atoms with E-state index in [4.69, 9.17) is 9.47 Å². The van der Waals surface area contributed by atoms with Crippen molar-refractivity contribution < 1.29 is 19.1 Å². The van der Waals surface area contributed by atoms with Crippen molar-refractivity contribution in [3.05, 3.63) is 12.7 Å². The molecule has 0 aromatic rings. The maximum Gasteiger partial charge on any atom is 0.408 e. The fourth-order valence-electron chi connectivity index (χ4n) is 2.83. The molecule has 0 bridgehead atoms. The van der Waals surface area contributed by atoms with Gasteiger partial charge in [-0.05, 0) is 13.3 Å². The van der Waals surface area contributed by atoms with Crippen molar-refractivity contribution in [3.8, 4) is 0 Å². The van der Waals surface area contributed by atoms with Crippen molar-refractivity contribution in [1.29, 1.82) is 0 Å². The maximum atomic E-state index is 11.8. The zero-order valence-corrected chi connectivity index (χ0v) is 17.6. The Bertz CT molecular complexity index is 385. The first-order valence-electron chi connectivity index (χ1n) is 10.8. The second-order valence-electron chi connectivity index (χ2n) is 7.16. The van der Waals surface area contributed by atoms with Gasteiger partial charge in [-0.15, -0.1) is 0 Å². The van der Waals surface area contributed by atoms with E-state index in [1.54, 1.807) is 6.92 Å². The Morgan fingerprint density at radius 1 is 0.852 bits per heavy atom. The van der Waals surface area contributed by atoms with Gasteiger partial charge in [-0.3, -0.25) is 0 Å². The number of hydrogen-bond acceptors (Lipinski definition) is 4. The molecule has 0 saturated heterocycles. The van der Waals surface area contributed by atoms with Crippen LogP contribution in [0.2, 0.25) is 0 Å². The number of alkyl carbamates (subject to hydrolysis) is 1. The molecule has 1 N–H and O–H groups in total. The predicted octanol–water partition coefficient (Wildman–Crippen LogP) is 5.92. The van der Waals surface area contributed by atoms with Gasteiger partial charge in [0.25, 0.3) is 0 Å². The molecule has 0 aliphatic rings. The van der Waals surface area contributed by atoms with E-state index in [1.807, 2.05) is 0 Å². The summed E-state index contributed by atoms with van der Waals surface area (Å²) < 4.78 is 9.94. The topological polar surface area (TPSA) is 64.6 Å². The standard InChI is InChI=1S/C22H41NO4/c1-4-6-7-8-9-10-11-12-13-14-15-16-17-19-26-21(24)20(3)23-22(25)27-18-5-2/h5,20H,2,4,6-19H2,1,3H3,(H,23,25)/t20-/m0/s1. The van der Waals surface area contributed by atoms with Crippen molar-refractivity contribution >= 4 is 12.1 Å². The molecule has 0 saturated carbocycles.